The molecule has 4 saturated carbocycles. The second-order valence-electron chi connectivity index (χ2n) is 15.0. The van der Waals surface area contributed by atoms with Gasteiger partial charge in [-0.2, -0.15) is 0 Å². The number of methoxy groups -OCH3 is 1. The van der Waals surface area contributed by atoms with Gasteiger partial charge in [0.25, 0.3) is 0 Å². The van der Waals surface area contributed by atoms with Crippen LogP contribution in [0.4, 0.5) is 0 Å². The molecule has 1 N–H and O–H groups in total. The number of hydrogen-bond acceptors (Lipinski definition) is 8. The van der Waals surface area contributed by atoms with Crippen molar-refractivity contribution < 1.29 is 38.5 Å². The highest BCUT2D eigenvalue weighted by Gasteiger charge is 2.68. The molecule has 4 fully saturated rings. The average molecular weight is 625 g/mol. The van der Waals surface area contributed by atoms with E-state index in [1.807, 2.05) is 18.2 Å². The molecule has 0 saturated heterocycles. The number of aliphatic hydroxyl groups is 1. The molecule has 0 aliphatic heterocycles. The van der Waals surface area contributed by atoms with Crippen molar-refractivity contribution in [2.75, 3.05) is 7.11 Å². The van der Waals surface area contributed by atoms with Crippen LogP contribution in [0.5, 0.6) is 0 Å². The Bertz CT molecular complexity index is 1260. The van der Waals surface area contributed by atoms with Gasteiger partial charge in [-0.05, 0) is 97.9 Å². The number of benzene rings is 1. The highest BCUT2D eigenvalue weighted by atomic mass is 16.5. The molecule has 0 bridgehead atoms. The molecule has 12 atom stereocenters. The number of ether oxygens (including phenoxy) is 3. The van der Waals surface area contributed by atoms with Crippen molar-refractivity contribution in [3.63, 3.8) is 0 Å². The third kappa shape index (κ3) is 6.20. The first-order valence-corrected chi connectivity index (χ1v) is 17.0. The van der Waals surface area contributed by atoms with E-state index in [4.69, 9.17) is 14.2 Å². The zero-order valence-electron chi connectivity index (χ0n) is 27.8. The molecule has 8 heteroatoms. The minimum Gasteiger partial charge on any atom is -0.469 e. The van der Waals surface area contributed by atoms with Crippen molar-refractivity contribution in [2.24, 2.45) is 52.3 Å². The fourth-order valence-electron chi connectivity index (χ4n) is 10.8. The van der Waals surface area contributed by atoms with E-state index in [1.54, 1.807) is 12.1 Å². The van der Waals surface area contributed by atoms with Crippen molar-refractivity contribution in [3.8, 4) is 0 Å². The fraction of sp³-hybridized carbons (Fsp3) is 0.730. The van der Waals surface area contributed by atoms with E-state index in [9.17, 15) is 24.3 Å². The highest BCUT2D eigenvalue weighted by molar-refractivity contribution is 5.87. The first-order valence-electron chi connectivity index (χ1n) is 17.0. The van der Waals surface area contributed by atoms with Gasteiger partial charge >= 0.3 is 17.9 Å². The lowest BCUT2D eigenvalue weighted by atomic mass is 9.41. The number of esters is 3. The Balaban J connectivity index is 1.55. The third-order valence-corrected chi connectivity index (χ3v) is 12.9. The summed E-state index contributed by atoms with van der Waals surface area (Å²) in [7, 11) is 1.41. The summed E-state index contributed by atoms with van der Waals surface area (Å²) < 4.78 is 16.9. The molecule has 4 aliphatic rings. The van der Waals surface area contributed by atoms with E-state index >= 15 is 0 Å². The Kier molecular flexibility index (Phi) is 9.84. The molecule has 1 aromatic rings. The second-order valence-corrected chi connectivity index (χ2v) is 15.0. The molecule has 0 aromatic heterocycles. The Hall–Kier alpha value is -2.74. The van der Waals surface area contributed by atoms with Crippen LogP contribution < -0.4 is 0 Å². The van der Waals surface area contributed by atoms with Gasteiger partial charge in [-0.25, -0.2) is 0 Å². The number of ketones is 1. The van der Waals surface area contributed by atoms with Gasteiger partial charge < -0.3 is 19.3 Å². The number of rotatable bonds is 9. The number of aliphatic hydroxyl groups excluding tert-OH is 1. The highest BCUT2D eigenvalue weighted by Crippen LogP contribution is 2.70. The van der Waals surface area contributed by atoms with Crippen molar-refractivity contribution in [1.82, 2.24) is 0 Å². The van der Waals surface area contributed by atoms with Crippen molar-refractivity contribution in [1.29, 1.82) is 0 Å². The smallest absolute Gasteiger partial charge is 0.305 e. The summed E-state index contributed by atoms with van der Waals surface area (Å²) in [5.74, 6) is -0.524. The van der Waals surface area contributed by atoms with Gasteiger partial charge in [0.05, 0.1) is 7.11 Å². The first kappa shape index (κ1) is 33.6. The maximum Gasteiger partial charge on any atom is 0.305 e. The monoisotopic (exact) mass is 624 g/mol. The molecule has 1 aromatic carbocycles. The fourth-order valence-corrected chi connectivity index (χ4v) is 10.8. The van der Waals surface area contributed by atoms with Crippen LogP contribution in [-0.2, 0) is 33.4 Å². The van der Waals surface area contributed by atoms with Crippen LogP contribution in [0.3, 0.4) is 0 Å². The Morgan fingerprint density at radius 2 is 1.62 bits per heavy atom. The van der Waals surface area contributed by atoms with Gasteiger partial charge in [-0.3, -0.25) is 19.2 Å². The van der Waals surface area contributed by atoms with E-state index in [-0.39, 0.29) is 88.2 Å². The van der Waals surface area contributed by atoms with Crippen LogP contribution in [-0.4, -0.2) is 48.1 Å². The lowest BCUT2D eigenvalue weighted by molar-refractivity contribution is -0.210. The molecule has 45 heavy (non-hydrogen) atoms. The molecule has 5 rings (SSSR count). The third-order valence-electron chi connectivity index (χ3n) is 12.9. The molecule has 0 heterocycles. The van der Waals surface area contributed by atoms with Gasteiger partial charge in [0.1, 0.15) is 18.3 Å². The van der Waals surface area contributed by atoms with Crippen LogP contribution in [0, 0.1) is 52.3 Å². The summed E-state index contributed by atoms with van der Waals surface area (Å²) in [6.07, 6.45) is 4.79. The zero-order chi connectivity index (χ0) is 32.7. The molecule has 8 nitrogen and oxygen atoms in total. The van der Waals surface area contributed by atoms with Gasteiger partial charge in [-0.15, -0.1) is 0 Å². The molecule has 0 spiro atoms. The van der Waals surface area contributed by atoms with Crippen LogP contribution in [0.2, 0.25) is 0 Å². The van der Waals surface area contributed by atoms with Gasteiger partial charge in [0.2, 0.25) is 0 Å². The molecular weight excluding hydrogens is 572 g/mol. The summed E-state index contributed by atoms with van der Waals surface area (Å²) in [4.78, 5) is 51.1. The van der Waals surface area contributed by atoms with E-state index in [1.165, 1.54) is 21.0 Å². The number of carbonyl (C=O) groups is 4. The summed E-state index contributed by atoms with van der Waals surface area (Å²) in [6, 6.07) is 9.18. The van der Waals surface area contributed by atoms with E-state index in [0.29, 0.717) is 37.7 Å². The quantitative estimate of drug-likeness (QED) is 0.254. The Labute approximate surface area is 268 Å². The normalized spacial score (nSPS) is 38.5. The molecular formula is C37H52O8. The molecule has 0 radical (unpaired) electrons. The molecule has 0 unspecified atom stereocenters. The van der Waals surface area contributed by atoms with Crippen LogP contribution in [0.25, 0.3) is 0 Å². The molecule has 0 amide bonds. The SMILES string of the molecule is COC(=O)CC[C@@H](C)[C@H]1CC[C@H]2[C@@H]3[C@H](C(=O)[C@@H](O)c4ccccc4)C[C@@H]4C[C@H](OC(C)=O)CC[C@]4(C)[C@H]3C[C@H](OC(C)=O)[C@]12C. The number of carbonyl (C=O) groups excluding carboxylic acids is 4. The first-order chi connectivity index (χ1) is 21.3. The molecule has 4 aliphatic carbocycles. The largest absolute Gasteiger partial charge is 0.469 e. The lowest BCUT2D eigenvalue weighted by Crippen LogP contribution is -2.63. The summed E-state index contributed by atoms with van der Waals surface area (Å²) in [6.45, 7) is 9.71. The number of fused-ring (bicyclic) bond motifs is 5. The summed E-state index contributed by atoms with van der Waals surface area (Å²) >= 11 is 0. The topological polar surface area (TPSA) is 116 Å². The summed E-state index contributed by atoms with van der Waals surface area (Å²) in [5.41, 5.74) is 0.104. The van der Waals surface area contributed by atoms with E-state index in [0.717, 1.165) is 25.7 Å². The summed E-state index contributed by atoms with van der Waals surface area (Å²) in [5, 5.41) is 11.5. The predicted octanol–water partition coefficient (Wildman–Crippen LogP) is 6.24. The van der Waals surface area contributed by atoms with Crippen LogP contribution >= 0.6 is 0 Å². The second kappa shape index (κ2) is 13.2. The maximum absolute atomic E-state index is 14.5. The number of Topliss-reactive ketones (excluding diaryl/α,β-unsaturated/α-hetero) is 1. The van der Waals surface area contributed by atoms with Gasteiger partial charge in [0.15, 0.2) is 5.78 Å². The van der Waals surface area contributed by atoms with E-state index < -0.39 is 6.10 Å². The lowest BCUT2D eigenvalue weighted by Gasteiger charge is -2.64. The van der Waals surface area contributed by atoms with E-state index in [2.05, 4.69) is 20.8 Å². The maximum atomic E-state index is 14.5. The van der Waals surface area contributed by atoms with Gasteiger partial charge in [-0.1, -0.05) is 51.1 Å². The Morgan fingerprint density at radius 1 is 0.933 bits per heavy atom. The average Bonchev–Trinajstić information content (AvgIpc) is 3.37. The Morgan fingerprint density at radius 3 is 2.27 bits per heavy atom. The van der Waals surface area contributed by atoms with Gasteiger partial charge in [0, 0.05) is 31.6 Å². The minimum absolute atomic E-state index is 0.0250. The van der Waals surface area contributed by atoms with Crippen LogP contribution in [0.15, 0.2) is 30.3 Å². The standard InChI is InChI=1S/C37H52O8/c1-21(12-15-32(40)43-6)28-13-14-29-33-27(35(42)34(41)24-10-8-7-9-11-24)19-25-18-26(44-22(2)38)16-17-36(25,4)30(33)20-31(37(28,29)5)45-23(3)39/h7-11,21,25-31,33-34,41H,12-20H2,1-6H3/t21-,25+,26-,27-,28-,29+,30+,31+,33+,34+,36+,37-/m1/s1. The van der Waals surface area contributed by atoms with Crippen LogP contribution in [0.1, 0.15) is 104 Å². The van der Waals surface area contributed by atoms with Crippen molar-refractivity contribution in [2.45, 2.75) is 111 Å². The van der Waals surface area contributed by atoms with Crippen molar-refractivity contribution >= 4 is 23.7 Å². The minimum atomic E-state index is -1.22. The predicted molar refractivity (Wildman–Crippen MR) is 167 cm³/mol. The number of hydrogen-bond donors (Lipinski definition) is 1. The van der Waals surface area contributed by atoms with Crippen molar-refractivity contribution in [3.05, 3.63) is 35.9 Å². The zero-order valence-corrected chi connectivity index (χ0v) is 27.8. The molecule has 248 valence electrons.